The molecule has 0 amide bonds. The van der Waals surface area contributed by atoms with Crippen LogP contribution in [-0.4, -0.2) is 33.5 Å². The fourth-order valence-corrected chi connectivity index (χ4v) is 5.01. The molecule has 0 spiro atoms. The number of halogens is 1. The van der Waals surface area contributed by atoms with Gasteiger partial charge in [-0.25, -0.2) is 4.98 Å². The van der Waals surface area contributed by atoms with Crippen molar-refractivity contribution >= 4 is 38.7 Å². The SMILES string of the molecule is CCCCc1nc2ccc(Br)cc2c(=O)n1N=Cc1cc(C)n(-c2ccc(N(CC)CC)cc2)c1C. The second kappa shape index (κ2) is 11.2. The van der Waals surface area contributed by atoms with Crippen molar-refractivity contribution < 1.29 is 0 Å². The molecule has 0 unspecified atom stereocenters. The Hall–Kier alpha value is -3.19. The van der Waals surface area contributed by atoms with Crippen LogP contribution in [0.4, 0.5) is 5.69 Å². The number of benzene rings is 2. The van der Waals surface area contributed by atoms with E-state index in [-0.39, 0.29) is 5.56 Å². The summed E-state index contributed by atoms with van der Waals surface area (Å²) in [6, 6.07) is 16.4. The van der Waals surface area contributed by atoms with Crippen molar-refractivity contribution in [3.8, 4) is 5.69 Å². The van der Waals surface area contributed by atoms with Gasteiger partial charge in [0, 0.05) is 52.3 Å². The van der Waals surface area contributed by atoms with Crippen LogP contribution in [0, 0.1) is 13.8 Å². The van der Waals surface area contributed by atoms with Crippen LogP contribution in [0.5, 0.6) is 0 Å². The van der Waals surface area contributed by atoms with Crippen LogP contribution < -0.4 is 10.5 Å². The molecule has 0 fully saturated rings. The summed E-state index contributed by atoms with van der Waals surface area (Å²) in [6.07, 6.45) is 4.45. The number of unbranched alkanes of at least 4 members (excludes halogenated alkanes) is 1. The summed E-state index contributed by atoms with van der Waals surface area (Å²) in [7, 11) is 0. The van der Waals surface area contributed by atoms with E-state index in [0.717, 1.165) is 53.0 Å². The quantitative estimate of drug-likeness (QED) is 0.221. The van der Waals surface area contributed by atoms with Crippen LogP contribution in [0.2, 0.25) is 0 Å². The Kier molecular flexibility index (Phi) is 8.09. The minimum Gasteiger partial charge on any atom is -0.372 e. The van der Waals surface area contributed by atoms with E-state index in [9.17, 15) is 4.79 Å². The van der Waals surface area contributed by atoms with Gasteiger partial charge in [-0.05, 0) is 82.6 Å². The standard InChI is InChI=1S/C29H34BrN5O/c1-6-9-10-28-32-27-16-11-23(30)18-26(27)29(36)35(28)31-19-22-17-20(4)34(21(22)5)25-14-12-24(13-15-25)33(7-2)8-3/h11-19H,6-10H2,1-5H3. The molecule has 0 saturated heterocycles. The van der Waals surface area contributed by atoms with Crippen LogP contribution in [-0.2, 0) is 6.42 Å². The predicted octanol–water partition coefficient (Wildman–Crippen LogP) is 6.64. The van der Waals surface area contributed by atoms with Crippen molar-refractivity contribution in [3.63, 3.8) is 0 Å². The number of aryl methyl sites for hydroxylation is 2. The van der Waals surface area contributed by atoms with Gasteiger partial charge in [0.05, 0.1) is 17.1 Å². The Bertz CT molecular complexity index is 1450. The average Bonchev–Trinajstić information content (AvgIpc) is 3.16. The molecule has 188 valence electrons. The largest absolute Gasteiger partial charge is 0.372 e. The summed E-state index contributed by atoms with van der Waals surface area (Å²) in [6.45, 7) is 12.6. The third-order valence-electron chi connectivity index (χ3n) is 6.65. The smallest absolute Gasteiger partial charge is 0.282 e. The lowest BCUT2D eigenvalue weighted by atomic mass is 10.2. The molecule has 0 atom stereocenters. The average molecular weight is 549 g/mol. The molecule has 0 aliphatic rings. The molecule has 0 aliphatic carbocycles. The first-order chi connectivity index (χ1) is 17.4. The highest BCUT2D eigenvalue weighted by Crippen LogP contribution is 2.23. The molecule has 2 aromatic carbocycles. The van der Waals surface area contributed by atoms with Gasteiger partial charge >= 0.3 is 0 Å². The highest BCUT2D eigenvalue weighted by molar-refractivity contribution is 9.10. The first-order valence-electron chi connectivity index (χ1n) is 12.7. The third-order valence-corrected chi connectivity index (χ3v) is 7.14. The number of hydrogen-bond donors (Lipinski definition) is 0. The predicted molar refractivity (Wildman–Crippen MR) is 154 cm³/mol. The number of aromatic nitrogens is 3. The number of fused-ring (bicyclic) bond motifs is 1. The van der Waals surface area contributed by atoms with Gasteiger partial charge < -0.3 is 9.47 Å². The zero-order chi connectivity index (χ0) is 25.8. The van der Waals surface area contributed by atoms with E-state index in [2.05, 4.69) is 95.4 Å². The maximum absolute atomic E-state index is 13.4. The first-order valence-corrected chi connectivity index (χ1v) is 13.5. The van der Waals surface area contributed by atoms with E-state index in [1.807, 2.05) is 18.2 Å². The Morgan fingerprint density at radius 2 is 1.75 bits per heavy atom. The molecule has 0 saturated carbocycles. The van der Waals surface area contributed by atoms with Crippen LogP contribution in [0.3, 0.4) is 0 Å². The monoisotopic (exact) mass is 547 g/mol. The molecule has 6 nitrogen and oxygen atoms in total. The Balaban J connectivity index is 1.73. The Labute approximate surface area is 221 Å². The molecular formula is C29H34BrN5O. The summed E-state index contributed by atoms with van der Waals surface area (Å²) in [5.41, 5.74) is 6.05. The van der Waals surface area contributed by atoms with Crippen molar-refractivity contribution in [3.05, 3.63) is 86.1 Å². The van der Waals surface area contributed by atoms with E-state index in [1.165, 1.54) is 10.4 Å². The number of anilines is 1. The molecular weight excluding hydrogens is 514 g/mol. The molecule has 0 aliphatic heterocycles. The van der Waals surface area contributed by atoms with Gasteiger partial charge in [0.25, 0.3) is 5.56 Å². The summed E-state index contributed by atoms with van der Waals surface area (Å²) in [4.78, 5) is 20.5. The van der Waals surface area contributed by atoms with E-state index in [1.54, 1.807) is 6.21 Å². The summed E-state index contributed by atoms with van der Waals surface area (Å²) in [5, 5.41) is 5.21. The van der Waals surface area contributed by atoms with Crippen LogP contribution in [0.15, 0.2) is 62.9 Å². The zero-order valence-electron chi connectivity index (χ0n) is 21.8. The fraction of sp³-hybridized carbons (Fsp3) is 0.345. The first kappa shape index (κ1) is 25.9. The van der Waals surface area contributed by atoms with E-state index in [0.29, 0.717) is 23.1 Å². The minimum atomic E-state index is -0.149. The lowest BCUT2D eigenvalue weighted by Crippen LogP contribution is -2.22. The van der Waals surface area contributed by atoms with E-state index >= 15 is 0 Å². The van der Waals surface area contributed by atoms with Crippen molar-refractivity contribution in [2.24, 2.45) is 5.10 Å². The second-order valence-corrected chi connectivity index (χ2v) is 9.92. The zero-order valence-corrected chi connectivity index (χ0v) is 23.3. The van der Waals surface area contributed by atoms with Crippen LogP contribution >= 0.6 is 15.9 Å². The number of hydrogen-bond acceptors (Lipinski definition) is 4. The molecule has 7 heteroatoms. The number of nitrogens with zero attached hydrogens (tertiary/aromatic N) is 5. The van der Waals surface area contributed by atoms with E-state index in [4.69, 9.17) is 4.98 Å². The highest BCUT2D eigenvalue weighted by Gasteiger charge is 2.13. The molecule has 0 radical (unpaired) electrons. The highest BCUT2D eigenvalue weighted by atomic mass is 79.9. The second-order valence-electron chi connectivity index (χ2n) is 9.01. The van der Waals surface area contributed by atoms with Gasteiger partial charge in [-0.2, -0.15) is 9.78 Å². The topological polar surface area (TPSA) is 55.4 Å². The molecule has 36 heavy (non-hydrogen) atoms. The minimum absolute atomic E-state index is 0.149. The molecule has 4 aromatic rings. The van der Waals surface area contributed by atoms with Gasteiger partial charge in [-0.3, -0.25) is 4.79 Å². The fourth-order valence-electron chi connectivity index (χ4n) is 4.65. The Morgan fingerprint density at radius 1 is 1.03 bits per heavy atom. The lowest BCUT2D eigenvalue weighted by Gasteiger charge is -2.21. The maximum Gasteiger partial charge on any atom is 0.282 e. The lowest BCUT2D eigenvalue weighted by molar-refractivity contribution is 0.675. The molecule has 2 aromatic heterocycles. The Morgan fingerprint density at radius 3 is 2.42 bits per heavy atom. The van der Waals surface area contributed by atoms with Crippen LogP contribution in [0.1, 0.15) is 56.4 Å². The van der Waals surface area contributed by atoms with Gasteiger partial charge in [0.2, 0.25) is 0 Å². The van der Waals surface area contributed by atoms with Crippen molar-refractivity contribution in [2.45, 2.75) is 53.9 Å². The summed E-state index contributed by atoms with van der Waals surface area (Å²) in [5.74, 6) is 0.689. The molecule has 4 rings (SSSR count). The van der Waals surface area contributed by atoms with Crippen molar-refractivity contribution in [1.29, 1.82) is 0 Å². The summed E-state index contributed by atoms with van der Waals surface area (Å²) >= 11 is 3.47. The van der Waals surface area contributed by atoms with Gasteiger partial charge in [0.1, 0.15) is 5.82 Å². The third kappa shape index (κ3) is 5.16. The van der Waals surface area contributed by atoms with Crippen LogP contribution in [0.25, 0.3) is 16.6 Å². The normalized spacial score (nSPS) is 11.6. The van der Waals surface area contributed by atoms with Gasteiger partial charge in [-0.15, -0.1) is 0 Å². The molecule has 2 heterocycles. The summed E-state index contributed by atoms with van der Waals surface area (Å²) < 4.78 is 4.54. The van der Waals surface area contributed by atoms with Gasteiger partial charge in [-0.1, -0.05) is 29.3 Å². The van der Waals surface area contributed by atoms with Gasteiger partial charge in [0.15, 0.2) is 0 Å². The maximum atomic E-state index is 13.4. The molecule has 0 bridgehead atoms. The van der Waals surface area contributed by atoms with E-state index < -0.39 is 0 Å². The van der Waals surface area contributed by atoms with Crippen molar-refractivity contribution in [1.82, 2.24) is 14.2 Å². The molecule has 0 N–H and O–H groups in total. The number of rotatable bonds is 9. The van der Waals surface area contributed by atoms with Crippen molar-refractivity contribution in [2.75, 3.05) is 18.0 Å².